The van der Waals surface area contributed by atoms with Gasteiger partial charge in [0.05, 0.1) is 0 Å². The minimum absolute atomic E-state index is 0.254. The van der Waals surface area contributed by atoms with Gasteiger partial charge in [0.25, 0.3) is 0 Å². The van der Waals surface area contributed by atoms with Gasteiger partial charge in [-0.25, -0.2) is 0 Å². The van der Waals surface area contributed by atoms with Crippen LogP contribution in [0.2, 0.25) is 0 Å². The van der Waals surface area contributed by atoms with Crippen LogP contribution >= 0.6 is 212 Å². The molecule has 0 saturated carbocycles. The molecule has 0 amide bonds. The van der Waals surface area contributed by atoms with Crippen LogP contribution in [0.15, 0.2) is 19.9 Å². The third kappa shape index (κ3) is 10.7. The van der Waals surface area contributed by atoms with Crippen molar-refractivity contribution in [3.63, 3.8) is 0 Å². The average Bonchev–Trinajstić information content (AvgIpc) is 2.42. The maximum absolute atomic E-state index is 11.9. The van der Waals surface area contributed by atoms with Gasteiger partial charge in [0.15, 0.2) is 0 Å². The van der Waals surface area contributed by atoms with Crippen molar-refractivity contribution in [3.05, 3.63) is 0 Å². The quantitative estimate of drug-likeness (QED) is 0.120. The second kappa shape index (κ2) is 11.6. The summed E-state index contributed by atoms with van der Waals surface area (Å²) in [5.74, 6) is 0. The molecule has 1 aliphatic heterocycles. The molecule has 0 unspecified atom stereocenters. The van der Waals surface area contributed by atoms with Crippen LogP contribution in [0.4, 0.5) is 0 Å². The van der Waals surface area contributed by atoms with Gasteiger partial charge in [-0.15, -0.1) is 0 Å². The molecule has 0 N–H and O–H groups in total. The second-order valence-electron chi connectivity index (χ2n) is 4.84. The van der Waals surface area contributed by atoms with E-state index in [0.29, 0.717) is 0 Å². The normalized spacial score (nSPS) is 25.1. The first-order valence-corrected chi connectivity index (χ1v) is 31.8. The molecular weight excluding hydrogens is 925 g/mol. The van der Waals surface area contributed by atoms with E-state index in [1.54, 1.807) is 0 Å². The molecule has 0 aromatic heterocycles. The predicted molar refractivity (Wildman–Crippen MR) is 162 cm³/mol. The fourth-order valence-electron chi connectivity index (χ4n) is 1.67. The van der Waals surface area contributed by atoms with E-state index in [4.69, 9.17) is 189 Å². The van der Waals surface area contributed by atoms with Crippen LogP contribution in [-0.4, -0.2) is 20.9 Å². The van der Waals surface area contributed by atoms with Crippen molar-refractivity contribution in [3.8, 4) is 0 Å². The molecule has 34 heavy (non-hydrogen) atoms. The van der Waals surface area contributed by atoms with Crippen molar-refractivity contribution < 1.29 is 18.2 Å². The van der Waals surface area contributed by atoms with Crippen molar-refractivity contribution in [1.29, 1.82) is 0 Å². The summed E-state index contributed by atoms with van der Waals surface area (Å²) in [6.45, 7) is 0. The number of nitrogens with zero attached hydrogens (tertiary/aromatic N) is 6. The fourth-order valence-corrected chi connectivity index (χ4v) is 32.2. The van der Waals surface area contributed by atoms with Crippen LogP contribution in [0, 0.1) is 0 Å². The molecule has 0 spiro atoms. The molecule has 204 valence electrons. The van der Waals surface area contributed by atoms with Gasteiger partial charge in [-0.3, -0.25) is 0 Å². The molecule has 1 rings (SSSR count). The van der Waals surface area contributed by atoms with Crippen molar-refractivity contribution in [2.24, 2.45) is 19.9 Å². The number of rotatable bonds is 4. The molecule has 0 radical (unpaired) electrons. The van der Waals surface area contributed by atoms with Gasteiger partial charge >= 0.3 is 271 Å². The van der Waals surface area contributed by atoms with Crippen molar-refractivity contribution in [2.75, 3.05) is 0 Å². The SMILES string of the molecule is O=P(Cl)(Cl)O/C(=N/N=P(Cl)(Cl)Cl)N1P(Cl)(Cl)(Cl)N(/C(=N\N=P(Cl)(Cl)Cl)OP(=O)(Cl)Cl)P1(Cl)(Cl)Cl. The molecule has 1 heterocycles. The zero-order valence-electron chi connectivity index (χ0n) is 14.0. The van der Waals surface area contributed by atoms with E-state index in [2.05, 4.69) is 19.9 Å². The van der Waals surface area contributed by atoms with E-state index in [-0.39, 0.29) is 8.88 Å². The van der Waals surface area contributed by atoms with Crippen LogP contribution in [-0.2, 0) is 18.2 Å². The Morgan fingerprint density at radius 1 is 0.559 bits per heavy atom. The Morgan fingerprint density at radius 2 is 0.794 bits per heavy atom. The van der Waals surface area contributed by atoms with E-state index in [0.717, 1.165) is 0 Å². The molecule has 0 aliphatic carbocycles. The molecule has 0 bridgehead atoms. The van der Waals surface area contributed by atoms with E-state index in [1.807, 2.05) is 0 Å². The standard InChI is InChI=1S/C2Cl16N6O4P6/c3-29(4,5)21-19-1(27-31(9,10)25)23-33(13,14,15)24(34(23,16,17)18)2(28-32(11,12)26)20-22-30(6,7)8/b19-1+,20-2+. The van der Waals surface area contributed by atoms with Gasteiger partial charge in [0, 0.05) is 0 Å². The van der Waals surface area contributed by atoms with Gasteiger partial charge < -0.3 is 0 Å². The third-order valence-electron chi connectivity index (χ3n) is 2.38. The third-order valence-corrected chi connectivity index (χ3v) is 22.3. The van der Waals surface area contributed by atoms with Gasteiger partial charge in [-0.1, -0.05) is 0 Å². The number of hydrogen-bond acceptors (Lipinski definition) is 6. The molecule has 10 nitrogen and oxygen atoms in total. The maximum atomic E-state index is 11.9. The summed E-state index contributed by atoms with van der Waals surface area (Å²) < 4.78 is 33.8. The minimum atomic E-state index is -5.53. The molecule has 0 aromatic carbocycles. The first-order valence-electron chi connectivity index (χ1n) is 6.34. The van der Waals surface area contributed by atoms with Crippen LogP contribution in [0.5, 0.6) is 0 Å². The molecule has 32 heteroatoms. The molecule has 0 aromatic rings. The summed E-state index contributed by atoms with van der Waals surface area (Å²) in [5.41, 5.74) is 0. The first-order chi connectivity index (χ1) is 14.4. The second-order valence-corrected chi connectivity index (χ2v) is 47.0. The van der Waals surface area contributed by atoms with Crippen molar-refractivity contribution in [1.82, 2.24) is 8.88 Å². The van der Waals surface area contributed by atoms with Gasteiger partial charge in [0.2, 0.25) is 0 Å². The van der Waals surface area contributed by atoms with E-state index < -0.39 is 44.3 Å². The zero-order chi connectivity index (χ0) is 27.4. The van der Waals surface area contributed by atoms with Crippen LogP contribution in [0.25, 0.3) is 0 Å². The van der Waals surface area contributed by atoms with E-state index in [1.165, 1.54) is 0 Å². The van der Waals surface area contributed by atoms with Crippen molar-refractivity contribution >= 4 is 224 Å². The first kappa shape index (κ1) is 37.0. The summed E-state index contributed by atoms with van der Waals surface area (Å²) in [6, 6.07) is -2.37. The summed E-state index contributed by atoms with van der Waals surface area (Å²) >= 11 is 93.4. The molecule has 1 aliphatic rings. The average molecular weight is 925 g/mol. The topological polar surface area (TPSA) is 109 Å². The van der Waals surface area contributed by atoms with Gasteiger partial charge in [0.1, 0.15) is 0 Å². The van der Waals surface area contributed by atoms with Crippen LogP contribution in [0.3, 0.4) is 0 Å². The predicted octanol–water partition coefficient (Wildman–Crippen LogP) is 15.4. The Balaban J connectivity index is 3.95. The van der Waals surface area contributed by atoms with Gasteiger partial charge in [-0.2, -0.15) is 0 Å². The number of hydrogen-bond donors (Lipinski definition) is 0. The van der Waals surface area contributed by atoms with Crippen LogP contribution in [0.1, 0.15) is 0 Å². The fraction of sp³-hybridized carbons (Fsp3) is 0. The summed E-state index contributed by atoms with van der Waals surface area (Å²) in [6.07, 6.45) is -9.14. The Labute approximate surface area is 267 Å². The monoisotopic (exact) mass is 917 g/mol. The molecule has 1 fully saturated rings. The summed E-state index contributed by atoms with van der Waals surface area (Å²) in [5, 5.41) is -0.538. The molecule has 0 atom stereocenters. The summed E-state index contributed by atoms with van der Waals surface area (Å²) in [7, 11) is 0. The number of halogens is 16. The number of amidine groups is 2. The Bertz CT molecular complexity index is 992. The Morgan fingerprint density at radius 3 is 0.971 bits per heavy atom. The van der Waals surface area contributed by atoms with Crippen LogP contribution < -0.4 is 0 Å². The zero-order valence-corrected chi connectivity index (χ0v) is 31.5. The Kier molecular flexibility index (Phi) is 12.6. The molecular formula is C2Cl16N6O4P6. The Hall–Kier alpha value is 4.96. The van der Waals surface area contributed by atoms with Gasteiger partial charge in [-0.05, 0) is 0 Å². The summed E-state index contributed by atoms with van der Waals surface area (Å²) in [4.78, 5) is -4.51. The van der Waals surface area contributed by atoms with Crippen molar-refractivity contribution in [2.45, 2.75) is 0 Å². The molecule has 1 saturated heterocycles. The van der Waals surface area contributed by atoms with E-state index >= 15 is 0 Å². The van der Waals surface area contributed by atoms with E-state index in [9.17, 15) is 9.13 Å².